The third-order valence-corrected chi connectivity index (χ3v) is 6.37. The number of piperidine rings is 1. The Hall–Kier alpha value is -2.40. The summed E-state index contributed by atoms with van der Waals surface area (Å²) in [6.45, 7) is 16.2. The summed E-state index contributed by atoms with van der Waals surface area (Å²) < 4.78 is 17.3. The lowest BCUT2D eigenvalue weighted by atomic mass is 9.81. The molecule has 188 valence electrons. The van der Waals surface area contributed by atoms with Gasteiger partial charge in [0.2, 0.25) is 11.9 Å². The van der Waals surface area contributed by atoms with Gasteiger partial charge in [-0.05, 0) is 68.2 Å². The first-order valence-electron chi connectivity index (χ1n) is 11.9. The molecule has 2 atom stereocenters. The number of hydrogen-bond donors (Lipinski definition) is 2. The summed E-state index contributed by atoms with van der Waals surface area (Å²) in [5.74, 6) is 0.342. The fraction of sp³-hybridized carbons (Fsp3) is 0.739. The normalized spacial score (nSPS) is 22.8. The maximum absolute atomic E-state index is 12.9. The fourth-order valence-corrected chi connectivity index (χ4v) is 3.81. The second-order valence-electron chi connectivity index (χ2n) is 11.1. The van der Waals surface area contributed by atoms with Crippen LogP contribution in [-0.2, 0) is 18.8 Å². The molecular formula is C23H38BN5O5. The number of likely N-dealkylation sites (tertiary alicyclic amines) is 1. The molecule has 0 aliphatic carbocycles. The topological polar surface area (TPSA) is 115 Å². The summed E-state index contributed by atoms with van der Waals surface area (Å²) in [6.07, 6.45) is 4.54. The molecule has 2 aliphatic heterocycles. The number of carbonyl (C=O) groups excluding carboxylic acids is 2. The Balaban J connectivity index is 1.54. The van der Waals surface area contributed by atoms with Crippen molar-refractivity contribution in [2.75, 3.05) is 18.4 Å². The first-order valence-corrected chi connectivity index (χ1v) is 11.9. The molecule has 2 saturated heterocycles. The van der Waals surface area contributed by atoms with E-state index in [2.05, 4.69) is 20.6 Å². The molecule has 11 heteroatoms. The molecule has 2 N–H and O–H groups in total. The number of amides is 2. The Morgan fingerprint density at radius 3 is 2.32 bits per heavy atom. The summed E-state index contributed by atoms with van der Waals surface area (Å²) in [6, 6.07) is -0.668. The maximum Gasteiger partial charge on any atom is 0.498 e. The molecule has 2 aliphatic rings. The SMILES string of the molecule is CC(NC(=O)OC(C)(C)C)C(=O)N1CCC[C@@H](Nc2ncc(B3OC(C)(C)C(C)(C)O3)cn2)C1. The van der Waals surface area contributed by atoms with E-state index >= 15 is 0 Å². The Morgan fingerprint density at radius 1 is 1.18 bits per heavy atom. The van der Waals surface area contributed by atoms with Crippen molar-refractivity contribution in [2.45, 2.75) is 97.1 Å². The zero-order valence-electron chi connectivity index (χ0n) is 21.6. The van der Waals surface area contributed by atoms with Gasteiger partial charge in [-0.2, -0.15) is 0 Å². The van der Waals surface area contributed by atoms with Crippen LogP contribution in [0.2, 0.25) is 0 Å². The fourth-order valence-electron chi connectivity index (χ4n) is 3.81. The van der Waals surface area contributed by atoms with Crippen LogP contribution in [0, 0.1) is 0 Å². The van der Waals surface area contributed by atoms with Gasteiger partial charge in [0.1, 0.15) is 11.6 Å². The number of aromatic nitrogens is 2. The number of hydrogen-bond acceptors (Lipinski definition) is 8. The Kier molecular flexibility index (Phi) is 7.47. The maximum atomic E-state index is 12.9. The number of anilines is 1. The molecule has 0 saturated carbocycles. The number of nitrogens with zero attached hydrogens (tertiary/aromatic N) is 3. The lowest BCUT2D eigenvalue weighted by molar-refractivity contribution is -0.134. The van der Waals surface area contributed by atoms with E-state index in [1.54, 1.807) is 45.0 Å². The molecule has 1 aromatic rings. The van der Waals surface area contributed by atoms with Crippen LogP contribution in [0.3, 0.4) is 0 Å². The number of carbonyl (C=O) groups is 2. The zero-order chi connectivity index (χ0) is 25.3. The van der Waals surface area contributed by atoms with Crippen LogP contribution >= 0.6 is 0 Å². The zero-order valence-corrected chi connectivity index (χ0v) is 21.6. The largest absolute Gasteiger partial charge is 0.498 e. The van der Waals surface area contributed by atoms with Crippen LogP contribution in [-0.4, -0.2) is 76.0 Å². The van der Waals surface area contributed by atoms with Gasteiger partial charge in [-0.15, -0.1) is 0 Å². The van der Waals surface area contributed by atoms with E-state index < -0.39 is 36.1 Å². The monoisotopic (exact) mass is 475 g/mol. The van der Waals surface area contributed by atoms with Crippen molar-refractivity contribution in [3.05, 3.63) is 12.4 Å². The van der Waals surface area contributed by atoms with Crippen LogP contribution in [0.15, 0.2) is 12.4 Å². The number of nitrogens with one attached hydrogen (secondary N) is 2. The average Bonchev–Trinajstić information content (AvgIpc) is 2.93. The van der Waals surface area contributed by atoms with E-state index in [0.717, 1.165) is 18.3 Å². The Labute approximate surface area is 202 Å². The van der Waals surface area contributed by atoms with Gasteiger partial charge in [0.05, 0.1) is 11.2 Å². The van der Waals surface area contributed by atoms with Crippen LogP contribution in [0.5, 0.6) is 0 Å². The summed E-state index contributed by atoms with van der Waals surface area (Å²) in [5, 5.41) is 5.94. The van der Waals surface area contributed by atoms with Crippen molar-refractivity contribution >= 4 is 30.5 Å². The summed E-state index contributed by atoms with van der Waals surface area (Å²) in [4.78, 5) is 35.5. The molecule has 0 spiro atoms. The first-order chi connectivity index (χ1) is 15.7. The smallest absolute Gasteiger partial charge is 0.444 e. The molecule has 3 heterocycles. The van der Waals surface area contributed by atoms with Gasteiger partial charge < -0.3 is 29.6 Å². The minimum Gasteiger partial charge on any atom is -0.444 e. The van der Waals surface area contributed by atoms with Crippen molar-refractivity contribution in [3.8, 4) is 0 Å². The lowest BCUT2D eigenvalue weighted by Gasteiger charge is -2.34. The molecule has 1 unspecified atom stereocenters. The quantitative estimate of drug-likeness (QED) is 0.623. The molecule has 3 rings (SSSR count). The van der Waals surface area contributed by atoms with E-state index in [1.165, 1.54) is 0 Å². The molecule has 0 aromatic carbocycles. The number of rotatable bonds is 5. The highest BCUT2D eigenvalue weighted by Crippen LogP contribution is 2.36. The van der Waals surface area contributed by atoms with E-state index in [4.69, 9.17) is 14.0 Å². The number of ether oxygens (including phenoxy) is 1. The highest BCUT2D eigenvalue weighted by atomic mass is 16.7. The van der Waals surface area contributed by atoms with Gasteiger partial charge in [0.25, 0.3) is 0 Å². The summed E-state index contributed by atoms with van der Waals surface area (Å²) in [5.41, 5.74) is -0.721. The van der Waals surface area contributed by atoms with Crippen molar-refractivity contribution in [1.82, 2.24) is 20.2 Å². The van der Waals surface area contributed by atoms with Gasteiger partial charge in [-0.3, -0.25) is 4.79 Å². The van der Waals surface area contributed by atoms with Gasteiger partial charge in [0.15, 0.2) is 0 Å². The third kappa shape index (κ3) is 6.38. The summed E-state index contributed by atoms with van der Waals surface area (Å²) >= 11 is 0. The predicted octanol–water partition coefficient (Wildman–Crippen LogP) is 2.09. The van der Waals surface area contributed by atoms with Crippen LogP contribution < -0.4 is 16.1 Å². The molecule has 0 radical (unpaired) electrons. The molecular weight excluding hydrogens is 437 g/mol. The molecule has 1 aromatic heterocycles. The second-order valence-corrected chi connectivity index (χ2v) is 11.1. The van der Waals surface area contributed by atoms with Crippen LogP contribution in [0.4, 0.5) is 10.7 Å². The molecule has 2 amide bonds. The van der Waals surface area contributed by atoms with Crippen LogP contribution in [0.1, 0.15) is 68.2 Å². The summed E-state index contributed by atoms with van der Waals surface area (Å²) in [7, 11) is -0.513. The Morgan fingerprint density at radius 2 is 1.76 bits per heavy atom. The third-order valence-electron chi connectivity index (χ3n) is 6.37. The van der Waals surface area contributed by atoms with E-state index in [9.17, 15) is 9.59 Å². The first kappa shape index (κ1) is 26.2. The second kappa shape index (κ2) is 9.69. The van der Waals surface area contributed by atoms with Gasteiger partial charge >= 0.3 is 13.2 Å². The van der Waals surface area contributed by atoms with Crippen molar-refractivity contribution in [2.24, 2.45) is 0 Å². The average molecular weight is 475 g/mol. The lowest BCUT2D eigenvalue weighted by Crippen LogP contribution is -2.52. The molecule has 34 heavy (non-hydrogen) atoms. The predicted molar refractivity (Wildman–Crippen MR) is 130 cm³/mol. The van der Waals surface area contributed by atoms with Crippen molar-refractivity contribution in [3.63, 3.8) is 0 Å². The molecule has 0 bridgehead atoms. The van der Waals surface area contributed by atoms with Gasteiger partial charge in [-0.1, -0.05) is 0 Å². The van der Waals surface area contributed by atoms with Gasteiger partial charge in [-0.25, -0.2) is 14.8 Å². The molecule has 2 fully saturated rings. The van der Waals surface area contributed by atoms with Crippen molar-refractivity contribution in [1.29, 1.82) is 0 Å². The highest BCUT2D eigenvalue weighted by Gasteiger charge is 2.52. The standard InChI is InChI=1S/C23H38BN5O5/c1-15(27-20(31)32-21(2,3)4)18(30)29-11-9-10-17(14-29)28-19-25-12-16(13-26-19)24-33-22(5,6)23(7,8)34-24/h12-13,15,17H,9-11,14H2,1-8H3,(H,27,31)(H,25,26,28)/t15?,17-/m1/s1. The van der Waals surface area contributed by atoms with Crippen LogP contribution in [0.25, 0.3) is 0 Å². The van der Waals surface area contributed by atoms with E-state index in [0.29, 0.717) is 19.0 Å². The van der Waals surface area contributed by atoms with Crippen molar-refractivity contribution < 1.29 is 23.6 Å². The van der Waals surface area contributed by atoms with E-state index in [1.807, 2.05) is 27.7 Å². The highest BCUT2D eigenvalue weighted by molar-refractivity contribution is 6.61. The number of alkyl carbamates (subject to hydrolysis) is 1. The van der Waals surface area contributed by atoms with Gasteiger partial charge in [0, 0.05) is 37.0 Å². The van der Waals surface area contributed by atoms with E-state index in [-0.39, 0.29) is 11.9 Å². The molecule has 10 nitrogen and oxygen atoms in total. The minimum atomic E-state index is -0.677. The minimum absolute atomic E-state index is 0.00845. The Bertz CT molecular complexity index is 871.